The van der Waals surface area contributed by atoms with Gasteiger partial charge in [-0.15, -0.1) is 5.48 Å². The van der Waals surface area contributed by atoms with E-state index in [1.807, 2.05) is 6.92 Å². The van der Waals surface area contributed by atoms with Crippen LogP contribution in [0.25, 0.3) is 0 Å². The lowest BCUT2D eigenvalue weighted by Gasteiger charge is -2.19. The second-order valence-corrected chi connectivity index (χ2v) is 3.70. The molecule has 0 radical (unpaired) electrons. The van der Waals surface area contributed by atoms with Crippen molar-refractivity contribution in [2.45, 2.75) is 45.2 Å². The molecule has 1 saturated carbocycles. The molecule has 0 aromatic rings. The van der Waals surface area contributed by atoms with E-state index >= 15 is 0 Å². The van der Waals surface area contributed by atoms with Crippen molar-refractivity contribution < 1.29 is 4.84 Å². The van der Waals surface area contributed by atoms with Crippen molar-refractivity contribution >= 4 is 5.90 Å². The summed E-state index contributed by atoms with van der Waals surface area (Å²) in [4.78, 5) is 9.70. The third-order valence-electron chi connectivity index (χ3n) is 2.61. The van der Waals surface area contributed by atoms with Gasteiger partial charge in [0.05, 0.1) is 0 Å². The van der Waals surface area contributed by atoms with Crippen molar-refractivity contribution in [2.24, 2.45) is 10.9 Å². The maximum absolute atomic E-state index is 5.30. The Morgan fingerprint density at radius 2 is 2.08 bits per heavy atom. The molecular formula is C9H16N2O. The van der Waals surface area contributed by atoms with E-state index in [4.69, 9.17) is 4.84 Å². The molecule has 68 valence electrons. The van der Waals surface area contributed by atoms with Crippen molar-refractivity contribution in [1.82, 2.24) is 5.48 Å². The molecule has 3 nitrogen and oxygen atoms in total. The smallest absolute Gasteiger partial charge is 0.214 e. The van der Waals surface area contributed by atoms with E-state index in [2.05, 4.69) is 10.5 Å². The SMILES string of the molecule is CC1N=C(C2CCCCC2)ON1. The van der Waals surface area contributed by atoms with E-state index in [0.29, 0.717) is 5.92 Å². The molecule has 2 aliphatic rings. The molecule has 0 saturated heterocycles. The highest BCUT2D eigenvalue weighted by molar-refractivity contribution is 5.79. The van der Waals surface area contributed by atoms with E-state index in [1.54, 1.807) is 0 Å². The van der Waals surface area contributed by atoms with Crippen LogP contribution < -0.4 is 5.48 Å². The van der Waals surface area contributed by atoms with E-state index in [-0.39, 0.29) is 6.17 Å². The first kappa shape index (κ1) is 8.05. The van der Waals surface area contributed by atoms with Gasteiger partial charge >= 0.3 is 0 Å². The van der Waals surface area contributed by atoms with E-state index in [1.165, 1.54) is 32.1 Å². The van der Waals surface area contributed by atoms with Crippen LogP contribution in [0.3, 0.4) is 0 Å². The van der Waals surface area contributed by atoms with Crippen LogP contribution >= 0.6 is 0 Å². The lowest BCUT2D eigenvalue weighted by atomic mass is 9.89. The van der Waals surface area contributed by atoms with Gasteiger partial charge in [0.25, 0.3) is 0 Å². The highest BCUT2D eigenvalue weighted by Crippen LogP contribution is 2.26. The standard InChI is InChI=1S/C9H16N2O/c1-7-10-9(12-11-7)8-5-3-2-4-6-8/h7-8,11H,2-6H2,1H3. The molecule has 1 heterocycles. The highest BCUT2D eigenvalue weighted by Gasteiger charge is 2.25. The Hall–Kier alpha value is -0.570. The average molecular weight is 168 g/mol. The van der Waals surface area contributed by atoms with Crippen molar-refractivity contribution in [1.29, 1.82) is 0 Å². The Labute approximate surface area is 73.2 Å². The Kier molecular flexibility index (Phi) is 2.30. The van der Waals surface area contributed by atoms with Crippen LogP contribution in [0.2, 0.25) is 0 Å². The summed E-state index contributed by atoms with van der Waals surface area (Å²) in [6.07, 6.45) is 6.72. The maximum Gasteiger partial charge on any atom is 0.214 e. The van der Waals surface area contributed by atoms with Crippen LogP contribution in [0.15, 0.2) is 4.99 Å². The van der Waals surface area contributed by atoms with E-state index in [9.17, 15) is 0 Å². The monoisotopic (exact) mass is 168 g/mol. The van der Waals surface area contributed by atoms with Crippen LogP contribution in [-0.4, -0.2) is 12.1 Å². The second kappa shape index (κ2) is 3.44. The molecule has 3 heteroatoms. The molecule has 1 aliphatic carbocycles. The molecule has 0 aromatic carbocycles. The van der Waals surface area contributed by atoms with Gasteiger partial charge in [-0.05, 0) is 19.8 Å². The predicted octanol–water partition coefficient (Wildman–Crippen LogP) is 1.85. The van der Waals surface area contributed by atoms with Gasteiger partial charge in [0, 0.05) is 5.92 Å². The third-order valence-corrected chi connectivity index (χ3v) is 2.61. The highest BCUT2D eigenvalue weighted by atomic mass is 16.7. The number of hydrogen-bond acceptors (Lipinski definition) is 3. The Balaban J connectivity index is 1.94. The third kappa shape index (κ3) is 1.61. The van der Waals surface area contributed by atoms with Crippen molar-refractivity contribution in [3.8, 4) is 0 Å². The van der Waals surface area contributed by atoms with Crippen molar-refractivity contribution in [3.05, 3.63) is 0 Å². The Morgan fingerprint density at radius 1 is 1.33 bits per heavy atom. The predicted molar refractivity (Wildman–Crippen MR) is 47.7 cm³/mol. The van der Waals surface area contributed by atoms with Gasteiger partial charge in [-0.25, -0.2) is 4.99 Å². The molecule has 1 N–H and O–H groups in total. The van der Waals surface area contributed by atoms with E-state index in [0.717, 1.165) is 5.90 Å². The summed E-state index contributed by atoms with van der Waals surface area (Å²) >= 11 is 0. The molecule has 1 atom stereocenters. The molecule has 12 heavy (non-hydrogen) atoms. The molecule has 0 spiro atoms. The van der Waals surface area contributed by atoms with E-state index < -0.39 is 0 Å². The minimum atomic E-state index is 0.155. The van der Waals surface area contributed by atoms with Crippen LogP contribution in [0.1, 0.15) is 39.0 Å². The van der Waals surface area contributed by atoms with Gasteiger partial charge in [-0.3, -0.25) is 0 Å². The summed E-state index contributed by atoms with van der Waals surface area (Å²) < 4.78 is 0. The molecular weight excluding hydrogens is 152 g/mol. The number of aliphatic imine (C=N–C) groups is 1. The zero-order valence-corrected chi connectivity index (χ0v) is 7.55. The number of nitrogens with one attached hydrogen (secondary N) is 1. The lowest BCUT2D eigenvalue weighted by molar-refractivity contribution is 0.168. The maximum atomic E-state index is 5.30. The molecule has 0 bridgehead atoms. The Bertz CT molecular complexity index is 185. The fourth-order valence-corrected chi connectivity index (χ4v) is 1.93. The molecule has 0 aromatic heterocycles. The van der Waals surface area contributed by atoms with Gasteiger partial charge < -0.3 is 4.84 Å². The van der Waals surface area contributed by atoms with Gasteiger partial charge in [-0.1, -0.05) is 19.3 Å². The van der Waals surface area contributed by atoms with Crippen LogP contribution in [0, 0.1) is 5.92 Å². The topological polar surface area (TPSA) is 33.6 Å². The van der Waals surface area contributed by atoms with Crippen molar-refractivity contribution in [3.63, 3.8) is 0 Å². The van der Waals surface area contributed by atoms with Crippen LogP contribution in [0.4, 0.5) is 0 Å². The Morgan fingerprint density at radius 3 is 2.67 bits per heavy atom. The van der Waals surface area contributed by atoms with Crippen LogP contribution in [0.5, 0.6) is 0 Å². The minimum absolute atomic E-state index is 0.155. The van der Waals surface area contributed by atoms with Gasteiger partial charge in [0.2, 0.25) is 5.90 Å². The second-order valence-electron chi connectivity index (χ2n) is 3.70. The van der Waals surface area contributed by atoms with Gasteiger partial charge in [0.1, 0.15) is 6.17 Å². The molecule has 1 aliphatic heterocycles. The minimum Gasteiger partial charge on any atom is -0.391 e. The summed E-state index contributed by atoms with van der Waals surface area (Å²) in [6.45, 7) is 2.01. The largest absolute Gasteiger partial charge is 0.391 e. The molecule has 1 fully saturated rings. The summed E-state index contributed by atoms with van der Waals surface area (Å²) in [7, 11) is 0. The number of nitrogens with zero attached hydrogens (tertiary/aromatic N) is 1. The normalized spacial score (nSPS) is 31.4. The lowest BCUT2D eigenvalue weighted by Crippen LogP contribution is -2.22. The quantitative estimate of drug-likeness (QED) is 0.648. The van der Waals surface area contributed by atoms with Gasteiger partial charge in [0.15, 0.2) is 0 Å². The molecule has 1 unspecified atom stereocenters. The number of hydroxylamine groups is 1. The average Bonchev–Trinajstić information content (AvgIpc) is 2.54. The summed E-state index contributed by atoms with van der Waals surface area (Å²) in [5.74, 6) is 1.54. The zero-order chi connectivity index (χ0) is 8.39. The first-order valence-electron chi connectivity index (χ1n) is 4.86. The van der Waals surface area contributed by atoms with Crippen LogP contribution in [-0.2, 0) is 4.84 Å². The molecule has 2 rings (SSSR count). The first-order valence-corrected chi connectivity index (χ1v) is 4.86. The number of rotatable bonds is 1. The zero-order valence-electron chi connectivity index (χ0n) is 7.55. The fraction of sp³-hybridized carbons (Fsp3) is 0.889. The fourth-order valence-electron chi connectivity index (χ4n) is 1.93. The molecule has 0 amide bonds. The van der Waals surface area contributed by atoms with Crippen molar-refractivity contribution in [2.75, 3.05) is 0 Å². The summed E-state index contributed by atoms with van der Waals surface area (Å²) in [6, 6.07) is 0. The number of hydrogen-bond donors (Lipinski definition) is 1. The summed E-state index contributed by atoms with van der Waals surface area (Å²) in [5, 5.41) is 0. The van der Waals surface area contributed by atoms with Gasteiger partial charge in [-0.2, -0.15) is 0 Å². The first-order chi connectivity index (χ1) is 5.86. The summed E-state index contributed by atoms with van der Waals surface area (Å²) in [5.41, 5.74) is 2.86.